The molecule has 3 rings (SSSR count). The Morgan fingerprint density at radius 3 is 1.80 bits per heavy atom. The minimum atomic E-state index is -3.25. The van der Waals surface area contributed by atoms with Crippen molar-refractivity contribution >= 4 is 0 Å². The molecule has 2 aliphatic rings. The molecule has 0 spiro atoms. The lowest BCUT2D eigenvalue weighted by Crippen LogP contribution is -2.26. The van der Waals surface area contributed by atoms with Crippen molar-refractivity contribution in [2.75, 3.05) is 0 Å². The summed E-state index contributed by atoms with van der Waals surface area (Å²) in [6.45, 7) is 4.40. The largest absolute Gasteiger partial charge is 0.432 e. The van der Waals surface area contributed by atoms with Crippen LogP contribution in [-0.2, 0) is 6.42 Å². The molecule has 0 saturated heterocycles. The van der Waals surface area contributed by atoms with Gasteiger partial charge in [-0.05, 0) is 54.6 Å². The molecule has 0 aliphatic heterocycles. The average molecular weight is 495 g/mol. The van der Waals surface area contributed by atoms with Crippen molar-refractivity contribution < 1.29 is 17.9 Å². The summed E-state index contributed by atoms with van der Waals surface area (Å²) in [4.78, 5) is 0. The smallest absolute Gasteiger partial charge is 0.397 e. The number of aryl methyl sites for hydroxylation is 1. The van der Waals surface area contributed by atoms with E-state index in [1.807, 2.05) is 0 Å². The summed E-state index contributed by atoms with van der Waals surface area (Å²) in [5.74, 6) is 2.54. The van der Waals surface area contributed by atoms with Crippen LogP contribution in [0.1, 0.15) is 129 Å². The second kappa shape index (κ2) is 14.5. The second-order valence-corrected chi connectivity index (χ2v) is 11.6. The fourth-order valence-corrected chi connectivity index (χ4v) is 6.45. The molecule has 1 nitrogen and oxygen atoms in total. The lowest BCUT2D eigenvalue weighted by molar-refractivity contribution is -0.183. The van der Waals surface area contributed by atoms with Crippen LogP contribution in [0.4, 0.5) is 13.2 Å². The van der Waals surface area contributed by atoms with Crippen molar-refractivity contribution in [3.63, 3.8) is 0 Å². The lowest BCUT2D eigenvalue weighted by atomic mass is 9.74. The van der Waals surface area contributed by atoms with Gasteiger partial charge in [0.15, 0.2) is 0 Å². The van der Waals surface area contributed by atoms with Crippen molar-refractivity contribution in [2.24, 2.45) is 23.7 Å². The molecule has 0 aromatic heterocycles. The van der Waals surface area contributed by atoms with Crippen LogP contribution in [0.2, 0.25) is 0 Å². The number of ether oxygens (including phenoxy) is 1. The summed E-state index contributed by atoms with van der Waals surface area (Å²) < 4.78 is 48.2. The summed E-state index contributed by atoms with van der Waals surface area (Å²) in [6.07, 6.45) is 16.2. The summed E-state index contributed by atoms with van der Waals surface area (Å²) in [5, 5.41) is 0. The molecule has 2 saturated carbocycles. The van der Waals surface area contributed by atoms with Crippen molar-refractivity contribution in [3.05, 3.63) is 29.6 Å². The van der Waals surface area contributed by atoms with Gasteiger partial charge in [0.2, 0.25) is 0 Å². The fourth-order valence-electron chi connectivity index (χ4n) is 6.45. The molecule has 200 valence electrons. The van der Waals surface area contributed by atoms with Gasteiger partial charge in [-0.2, -0.15) is 8.78 Å². The number of hydrogen-bond donors (Lipinski definition) is 0. The molecule has 1 aromatic carbocycles. The second-order valence-electron chi connectivity index (χ2n) is 11.6. The molecular weight excluding hydrogens is 445 g/mol. The number of rotatable bonds is 14. The van der Waals surface area contributed by atoms with E-state index in [-0.39, 0.29) is 12.2 Å². The van der Waals surface area contributed by atoms with E-state index in [1.165, 1.54) is 70.3 Å². The first-order chi connectivity index (χ1) is 16.9. The van der Waals surface area contributed by atoms with Gasteiger partial charge in [0.05, 0.1) is 6.42 Å². The van der Waals surface area contributed by atoms with Crippen molar-refractivity contribution in [1.29, 1.82) is 0 Å². The van der Waals surface area contributed by atoms with Crippen LogP contribution in [0.5, 0.6) is 5.75 Å². The Labute approximate surface area is 212 Å². The number of alkyl halides is 2. The first kappa shape index (κ1) is 28.4. The predicted octanol–water partition coefficient (Wildman–Crippen LogP) is 10.5. The zero-order chi connectivity index (χ0) is 25.1. The standard InChI is InChI=1S/C31H49F3O/c1-3-5-6-8-28-19-20-29(23-30(28)32)35-31(33,34)22-21-27-17-15-26(16-18-27)14-13-25-11-9-24(7-4-2)10-12-25/h19-20,23-27H,3-18,21-22H2,1-2H3. The highest BCUT2D eigenvalue weighted by Crippen LogP contribution is 2.39. The van der Waals surface area contributed by atoms with Gasteiger partial charge in [0, 0.05) is 6.07 Å². The van der Waals surface area contributed by atoms with Crippen LogP contribution in [0, 0.1) is 29.5 Å². The van der Waals surface area contributed by atoms with E-state index in [9.17, 15) is 13.2 Å². The first-order valence-corrected chi connectivity index (χ1v) is 14.7. The molecule has 0 N–H and O–H groups in total. The maximum Gasteiger partial charge on any atom is 0.397 e. The molecule has 0 heterocycles. The SMILES string of the molecule is CCCCCc1ccc(OC(F)(F)CCC2CCC(CCC3CCC(CCC)CC3)CC2)cc1F. The van der Waals surface area contributed by atoms with Gasteiger partial charge in [-0.25, -0.2) is 4.39 Å². The maximum absolute atomic E-state index is 14.5. The Hall–Kier alpha value is -1.19. The highest BCUT2D eigenvalue weighted by atomic mass is 19.3. The summed E-state index contributed by atoms with van der Waals surface area (Å²) in [7, 11) is 0. The van der Waals surface area contributed by atoms with Gasteiger partial charge in [0.25, 0.3) is 0 Å². The van der Waals surface area contributed by atoms with E-state index in [0.29, 0.717) is 24.3 Å². The summed E-state index contributed by atoms with van der Waals surface area (Å²) in [6, 6.07) is 4.20. The van der Waals surface area contributed by atoms with Crippen molar-refractivity contribution in [3.8, 4) is 5.75 Å². The third kappa shape index (κ3) is 10.00. The Kier molecular flexibility index (Phi) is 11.8. The van der Waals surface area contributed by atoms with Gasteiger partial charge in [-0.1, -0.05) is 110 Å². The molecule has 1 aromatic rings. The van der Waals surface area contributed by atoms with E-state index in [2.05, 4.69) is 13.8 Å². The third-order valence-corrected chi connectivity index (χ3v) is 8.80. The molecule has 0 atom stereocenters. The van der Waals surface area contributed by atoms with E-state index >= 15 is 0 Å². The van der Waals surface area contributed by atoms with Gasteiger partial charge in [-0.15, -0.1) is 0 Å². The number of hydrogen-bond acceptors (Lipinski definition) is 1. The average Bonchev–Trinajstić information content (AvgIpc) is 2.84. The topological polar surface area (TPSA) is 9.23 Å². The lowest BCUT2D eigenvalue weighted by Gasteiger charge is -2.32. The van der Waals surface area contributed by atoms with Crippen LogP contribution in [0.15, 0.2) is 18.2 Å². The van der Waals surface area contributed by atoms with Crippen molar-refractivity contribution in [1.82, 2.24) is 0 Å². The number of halogens is 3. The Morgan fingerprint density at radius 2 is 1.29 bits per heavy atom. The van der Waals surface area contributed by atoms with E-state index in [0.717, 1.165) is 55.9 Å². The molecule has 0 radical (unpaired) electrons. The molecule has 4 heteroatoms. The Bertz CT molecular complexity index is 718. The molecule has 0 unspecified atom stereocenters. The zero-order valence-corrected chi connectivity index (χ0v) is 22.3. The molecule has 0 amide bonds. The van der Waals surface area contributed by atoms with E-state index in [4.69, 9.17) is 4.74 Å². The highest BCUT2D eigenvalue weighted by molar-refractivity contribution is 5.29. The molecule has 35 heavy (non-hydrogen) atoms. The number of unbranched alkanes of at least 4 members (excludes halogenated alkanes) is 2. The predicted molar refractivity (Wildman–Crippen MR) is 139 cm³/mol. The summed E-state index contributed by atoms with van der Waals surface area (Å²) in [5.41, 5.74) is 0.579. The minimum Gasteiger partial charge on any atom is -0.432 e. The number of benzene rings is 1. The van der Waals surface area contributed by atoms with Gasteiger partial charge >= 0.3 is 6.11 Å². The highest BCUT2D eigenvalue weighted by Gasteiger charge is 2.33. The van der Waals surface area contributed by atoms with Crippen molar-refractivity contribution in [2.45, 2.75) is 136 Å². The molecule has 0 bridgehead atoms. The minimum absolute atomic E-state index is 0.0702. The molecule has 2 aliphatic carbocycles. The van der Waals surface area contributed by atoms with Crippen LogP contribution >= 0.6 is 0 Å². The quantitative estimate of drug-likeness (QED) is 0.234. The van der Waals surface area contributed by atoms with E-state index < -0.39 is 11.9 Å². The fraction of sp³-hybridized carbons (Fsp3) is 0.806. The van der Waals surface area contributed by atoms with Crippen LogP contribution < -0.4 is 4.74 Å². The van der Waals surface area contributed by atoms with E-state index in [1.54, 1.807) is 6.07 Å². The van der Waals surface area contributed by atoms with Gasteiger partial charge in [-0.3, -0.25) is 0 Å². The van der Waals surface area contributed by atoms with Crippen LogP contribution in [0.25, 0.3) is 0 Å². The first-order valence-electron chi connectivity index (χ1n) is 14.7. The molecular formula is C31H49F3O. The normalized spacial score (nSPS) is 25.5. The zero-order valence-electron chi connectivity index (χ0n) is 22.3. The van der Waals surface area contributed by atoms with Gasteiger partial charge < -0.3 is 4.74 Å². The van der Waals surface area contributed by atoms with Crippen LogP contribution in [-0.4, -0.2) is 6.11 Å². The maximum atomic E-state index is 14.5. The van der Waals surface area contributed by atoms with Gasteiger partial charge in [0.1, 0.15) is 11.6 Å². The third-order valence-electron chi connectivity index (χ3n) is 8.80. The Morgan fingerprint density at radius 1 is 0.743 bits per heavy atom. The summed E-state index contributed by atoms with van der Waals surface area (Å²) >= 11 is 0. The molecule has 2 fully saturated rings. The Balaban J connectivity index is 1.32. The van der Waals surface area contributed by atoms with Crippen LogP contribution in [0.3, 0.4) is 0 Å². The monoisotopic (exact) mass is 494 g/mol.